The Labute approximate surface area is 618 Å². The van der Waals surface area contributed by atoms with Crippen LogP contribution < -0.4 is 0 Å². The predicted molar refractivity (Wildman–Crippen MR) is 443 cm³/mol. The van der Waals surface area contributed by atoms with Gasteiger partial charge in [-0.1, -0.05) is 322 Å². The molecule has 0 spiro atoms. The summed E-state index contributed by atoms with van der Waals surface area (Å²) in [6.07, 6.45) is 21.5. The molecule has 0 saturated carbocycles. The maximum absolute atomic E-state index is 5.51. The quantitative estimate of drug-likeness (QED) is 0.0761. The van der Waals surface area contributed by atoms with Crippen molar-refractivity contribution in [2.24, 2.45) is 0 Å². The fourth-order valence-corrected chi connectivity index (χ4v) is 12.5. The van der Waals surface area contributed by atoms with Crippen LogP contribution in [0, 0.1) is 45.5 Å². The van der Waals surface area contributed by atoms with Crippen molar-refractivity contribution in [3.8, 4) is 109 Å². The first-order valence-electron chi connectivity index (χ1n) is 33.8. The van der Waals surface area contributed by atoms with Crippen molar-refractivity contribution < 1.29 is 0 Å². The van der Waals surface area contributed by atoms with Crippen molar-refractivity contribution in [1.29, 1.82) is 0 Å². The second-order valence-corrected chi connectivity index (χ2v) is 26.5. The first-order valence-corrected chi connectivity index (χ1v) is 35.4. The van der Waals surface area contributed by atoms with Gasteiger partial charge in [0, 0.05) is 37.1 Å². The van der Waals surface area contributed by atoms with Crippen LogP contribution in [0.5, 0.6) is 0 Å². The molecule has 0 N–H and O–H groups in total. The normalized spacial score (nSPS) is 10.7. The number of nitrogens with zero attached hydrogens (tertiary/aromatic N) is 3. The largest absolute Gasteiger partial charge is 0.309 e. The Morgan fingerprint density at radius 2 is 0.471 bits per heavy atom. The van der Waals surface area contributed by atoms with Gasteiger partial charge in [-0.2, -0.15) is 0 Å². The van der Waals surface area contributed by atoms with Gasteiger partial charge in [0.05, 0.1) is 34.2 Å². The highest BCUT2D eigenvalue weighted by molar-refractivity contribution is 9.10. The fraction of sp³-hybridized carbons (Fsp3) is 0.0309. The molecule has 0 bridgehead atoms. The standard InChI is InChI=1S/C39H31N.C27H19N.C23H17Br2N.C8H8/c1-30-12-26-37(27-13-30)40-38(35-22-18-33(19-23-35)16-14-31-8-4-2-5-9-31)28-29-39(40)36-24-20-34(21-25-36)17-15-32-10-6-3-7-11-32;1-4-21-8-12-23(13-9-21)26-18-19-27(24-14-10-22(5-2)11-15-24)28(26)25-16-6-20(3)7-17-25;1-16-2-12-21(13-3-16)26-22(17-4-8-19(24)9-5-17)14-15-23(26)18-6-10-20(25)11-7-18;1-2-8-6-4-3-5-7-8/h2-29H,1H3;1-2,6-19H,3H3;2-15H,1H3;2-7H,1H2/b16-14+,17-15+;;;. The number of rotatable bonds is 14. The van der Waals surface area contributed by atoms with E-state index in [2.05, 4.69) is 388 Å². The predicted octanol–water partition coefficient (Wildman–Crippen LogP) is 26.5. The Balaban J connectivity index is 0.000000140. The number of halogens is 2. The molecule has 15 rings (SSSR count). The van der Waals surface area contributed by atoms with Crippen LogP contribution >= 0.6 is 31.9 Å². The Morgan fingerprint density at radius 3 is 0.696 bits per heavy atom. The molecular formula is C97H75Br2N3. The van der Waals surface area contributed by atoms with Crippen molar-refractivity contribution in [2.45, 2.75) is 20.8 Å². The van der Waals surface area contributed by atoms with Gasteiger partial charge in [0.15, 0.2) is 0 Å². The van der Waals surface area contributed by atoms with Gasteiger partial charge in [-0.25, -0.2) is 0 Å². The van der Waals surface area contributed by atoms with Gasteiger partial charge in [0.1, 0.15) is 0 Å². The van der Waals surface area contributed by atoms with Crippen LogP contribution in [0.4, 0.5) is 0 Å². The minimum atomic E-state index is 0.877. The molecule has 3 nitrogen and oxygen atoms in total. The molecule has 0 aliphatic rings. The van der Waals surface area contributed by atoms with Gasteiger partial charge in [0.2, 0.25) is 0 Å². The lowest BCUT2D eigenvalue weighted by molar-refractivity contribution is 1.09. The van der Waals surface area contributed by atoms with Crippen molar-refractivity contribution in [1.82, 2.24) is 13.7 Å². The van der Waals surface area contributed by atoms with Gasteiger partial charge >= 0.3 is 0 Å². The molecule has 3 heterocycles. The molecule has 3 aromatic heterocycles. The highest BCUT2D eigenvalue weighted by Crippen LogP contribution is 2.37. The van der Waals surface area contributed by atoms with Crippen LogP contribution in [-0.2, 0) is 0 Å². The number of benzene rings is 12. The summed E-state index contributed by atoms with van der Waals surface area (Å²) in [6, 6.07) is 121. The summed E-state index contributed by atoms with van der Waals surface area (Å²) in [7, 11) is 0. The zero-order chi connectivity index (χ0) is 70.6. The Hall–Kier alpha value is -12.2. The molecule has 0 aliphatic heterocycles. The lowest BCUT2D eigenvalue weighted by Crippen LogP contribution is -1.99. The average molecular weight is 1440 g/mol. The summed E-state index contributed by atoms with van der Waals surface area (Å²) in [6.45, 7) is 9.97. The lowest BCUT2D eigenvalue weighted by atomic mass is 10.1. The smallest absolute Gasteiger partial charge is 0.0535 e. The number of aryl methyl sites for hydroxylation is 3. The summed E-state index contributed by atoms with van der Waals surface area (Å²) in [4.78, 5) is 0. The van der Waals surface area contributed by atoms with E-state index in [-0.39, 0.29) is 0 Å². The van der Waals surface area contributed by atoms with Crippen LogP contribution in [-0.4, -0.2) is 13.7 Å². The first kappa shape index (κ1) is 69.7. The van der Waals surface area contributed by atoms with E-state index in [9.17, 15) is 0 Å². The number of hydrogen-bond acceptors (Lipinski definition) is 0. The van der Waals surface area contributed by atoms with Gasteiger partial charge in [-0.05, 0) is 203 Å². The topological polar surface area (TPSA) is 14.8 Å². The molecule has 0 aliphatic carbocycles. The molecule has 0 amide bonds. The summed E-state index contributed by atoms with van der Waals surface area (Å²) in [5.74, 6) is 5.35. The molecule has 5 heteroatoms. The third-order valence-corrected chi connectivity index (χ3v) is 18.5. The molecule has 0 atom stereocenters. The van der Waals surface area contributed by atoms with Crippen LogP contribution in [0.2, 0.25) is 0 Å². The Bertz CT molecular complexity index is 5110. The summed E-state index contributed by atoms with van der Waals surface area (Å²) >= 11 is 7.05. The highest BCUT2D eigenvalue weighted by atomic mass is 79.9. The zero-order valence-corrected chi connectivity index (χ0v) is 60.4. The summed E-state index contributed by atoms with van der Waals surface area (Å²) in [5, 5.41) is 0. The maximum Gasteiger partial charge on any atom is 0.0535 e. The number of terminal acetylenes is 2. The van der Waals surface area contributed by atoms with E-state index in [1.807, 2.05) is 72.8 Å². The van der Waals surface area contributed by atoms with E-state index >= 15 is 0 Å². The van der Waals surface area contributed by atoms with Crippen LogP contribution in [0.3, 0.4) is 0 Å². The lowest BCUT2D eigenvalue weighted by Gasteiger charge is -2.15. The molecule has 0 unspecified atom stereocenters. The molecule has 12 aromatic carbocycles. The number of aromatic nitrogens is 3. The van der Waals surface area contributed by atoms with Crippen molar-refractivity contribution >= 4 is 62.2 Å². The molecule has 0 fully saturated rings. The second-order valence-electron chi connectivity index (χ2n) is 24.6. The molecule has 0 radical (unpaired) electrons. The second kappa shape index (κ2) is 34.0. The van der Waals surface area contributed by atoms with Crippen LogP contribution in [0.1, 0.15) is 55.6 Å². The Morgan fingerprint density at radius 1 is 0.255 bits per heavy atom. The first-order chi connectivity index (χ1) is 50.0. The van der Waals surface area contributed by atoms with Crippen LogP contribution in [0.25, 0.3) is 115 Å². The molecule has 492 valence electrons. The summed E-state index contributed by atoms with van der Waals surface area (Å²) < 4.78 is 9.13. The molecule has 0 saturated heterocycles. The molecular weight excluding hydrogens is 1370 g/mol. The van der Waals surface area contributed by atoms with Gasteiger partial charge < -0.3 is 13.7 Å². The zero-order valence-electron chi connectivity index (χ0n) is 57.3. The van der Waals surface area contributed by atoms with E-state index in [1.54, 1.807) is 0 Å². The minimum absolute atomic E-state index is 0.877. The maximum atomic E-state index is 5.51. The van der Waals surface area contributed by atoms with E-state index in [1.165, 1.54) is 89.5 Å². The molecule has 15 aromatic rings. The third kappa shape index (κ3) is 17.8. The Kier molecular flexibility index (Phi) is 23.2. The van der Waals surface area contributed by atoms with E-state index in [0.29, 0.717) is 0 Å². The fourth-order valence-electron chi connectivity index (χ4n) is 11.9. The minimum Gasteiger partial charge on any atom is -0.309 e. The summed E-state index contributed by atoms with van der Waals surface area (Å²) in [5.41, 5.74) is 28.8. The van der Waals surface area contributed by atoms with Crippen LogP contribution in [0.15, 0.2) is 361 Å². The monoisotopic (exact) mass is 1440 g/mol. The van der Waals surface area contributed by atoms with E-state index < -0.39 is 0 Å². The van der Waals surface area contributed by atoms with Crippen molar-refractivity contribution in [3.05, 3.63) is 417 Å². The average Bonchev–Trinajstić information content (AvgIpc) is 1.63. The van der Waals surface area contributed by atoms with Gasteiger partial charge in [0.25, 0.3) is 0 Å². The SMILES string of the molecule is C#Cc1ccc(-c2ccc(-c3ccc(C#C)cc3)n2-c2ccc(C)cc2)cc1.C=Cc1ccccc1.Cc1ccc(-n2c(-c3ccc(/C=C/c4ccccc4)cc3)ccc2-c2ccc(/C=C/c3ccccc3)cc2)cc1.Cc1ccc(-n2c(-c3ccc(Br)cc3)ccc2-c2ccc(Br)cc2)cc1. The molecule has 102 heavy (non-hydrogen) atoms. The van der Waals surface area contributed by atoms with Crippen molar-refractivity contribution in [3.63, 3.8) is 0 Å². The van der Waals surface area contributed by atoms with E-state index in [4.69, 9.17) is 12.8 Å². The van der Waals surface area contributed by atoms with Crippen molar-refractivity contribution in [2.75, 3.05) is 0 Å². The van der Waals surface area contributed by atoms with Gasteiger partial charge in [-0.3, -0.25) is 0 Å². The number of hydrogen-bond donors (Lipinski definition) is 0. The highest BCUT2D eigenvalue weighted by Gasteiger charge is 2.18. The van der Waals surface area contributed by atoms with E-state index in [0.717, 1.165) is 59.6 Å². The van der Waals surface area contributed by atoms with Gasteiger partial charge in [-0.15, -0.1) is 12.8 Å². The third-order valence-electron chi connectivity index (χ3n) is 17.5.